The molecule has 6 heavy (non-hydrogen) atoms. The minimum absolute atomic E-state index is 0. The molecule has 0 fully saturated rings. The molecule has 0 saturated carbocycles. The Labute approximate surface area is 53.1 Å². The second-order valence-electron chi connectivity index (χ2n) is 1.35. The van der Waals surface area contributed by atoms with Gasteiger partial charge in [-0.25, -0.2) is 0 Å². The van der Waals surface area contributed by atoms with E-state index in [0.717, 1.165) is 0 Å². The molecule has 0 aromatic carbocycles. The fraction of sp³-hybridized carbons (Fsp3) is 1.00. The van der Waals surface area contributed by atoms with Crippen LogP contribution in [0.4, 0.5) is 0 Å². The molecule has 0 aromatic heterocycles. The maximum absolute atomic E-state index is 2.21. The summed E-state index contributed by atoms with van der Waals surface area (Å²) >= 11 is 0. The monoisotopic (exact) mass is 136 g/mol. The molecule has 0 heterocycles. The van der Waals surface area contributed by atoms with Gasteiger partial charge in [0.15, 0.2) is 0 Å². The average Bonchev–Trinajstić information content (AvgIpc) is 1.41. The summed E-state index contributed by atoms with van der Waals surface area (Å²) in [6.07, 6.45) is 4.08. The molecule has 0 radical (unpaired) electrons. The number of hydrogen-bond donors (Lipinski definition) is 0. The Bertz CT molecular complexity index is 11.4. The molecule has 0 bridgehead atoms. The van der Waals surface area contributed by atoms with Crippen LogP contribution in [0.3, 0.4) is 0 Å². The van der Waals surface area contributed by atoms with Crippen molar-refractivity contribution in [1.82, 2.24) is 0 Å². The SMILES string of the molecule is CCCCC.[Zn]. The zero-order chi connectivity index (χ0) is 4.12. The predicted octanol–water partition coefficient (Wildman–Crippen LogP) is 2.19. The quantitative estimate of drug-likeness (QED) is 0.512. The van der Waals surface area contributed by atoms with E-state index in [2.05, 4.69) is 13.8 Å². The molecule has 34 valence electrons. The van der Waals surface area contributed by atoms with Crippen molar-refractivity contribution in [3.8, 4) is 0 Å². The molecule has 0 aliphatic rings. The van der Waals surface area contributed by atoms with Crippen molar-refractivity contribution >= 4 is 0 Å². The fourth-order valence-corrected chi connectivity index (χ4v) is 0.354. The van der Waals surface area contributed by atoms with Crippen molar-refractivity contribution in [3.05, 3.63) is 0 Å². The number of rotatable bonds is 2. The van der Waals surface area contributed by atoms with Crippen LogP contribution in [0, 0.1) is 0 Å². The Morgan fingerprint density at radius 3 is 1.33 bits per heavy atom. The third-order valence-corrected chi connectivity index (χ3v) is 0.707. The fourth-order valence-electron chi connectivity index (χ4n) is 0.354. The molecule has 0 rings (SSSR count). The second-order valence-corrected chi connectivity index (χ2v) is 1.35. The van der Waals surface area contributed by atoms with E-state index in [1.54, 1.807) is 0 Å². The molecule has 0 N–H and O–H groups in total. The van der Waals surface area contributed by atoms with E-state index in [0.29, 0.717) is 0 Å². The summed E-state index contributed by atoms with van der Waals surface area (Å²) in [6, 6.07) is 0. The average molecular weight is 138 g/mol. The van der Waals surface area contributed by atoms with Crippen molar-refractivity contribution in [2.45, 2.75) is 33.1 Å². The zero-order valence-corrected chi connectivity index (χ0v) is 7.80. The number of unbranched alkanes of at least 4 members (excludes halogenated alkanes) is 2. The first kappa shape index (κ1) is 9.80. The predicted molar refractivity (Wildman–Crippen MR) is 25.2 cm³/mol. The molecule has 0 atom stereocenters. The Hall–Kier alpha value is 0.623. The Balaban J connectivity index is 0. The Morgan fingerprint density at radius 2 is 1.33 bits per heavy atom. The van der Waals surface area contributed by atoms with Gasteiger partial charge in [-0.2, -0.15) is 0 Å². The van der Waals surface area contributed by atoms with Gasteiger partial charge in [0.05, 0.1) is 0 Å². The van der Waals surface area contributed by atoms with E-state index in [1.807, 2.05) is 0 Å². The first-order valence-corrected chi connectivity index (χ1v) is 2.41. The van der Waals surface area contributed by atoms with Crippen LogP contribution < -0.4 is 0 Å². The number of hydrogen-bond acceptors (Lipinski definition) is 0. The molecule has 0 aliphatic carbocycles. The summed E-state index contributed by atoms with van der Waals surface area (Å²) in [5.74, 6) is 0. The van der Waals surface area contributed by atoms with Gasteiger partial charge >= 0.3 is 0 Å². The van der Waals surface area contributed by atoms with Gasteiger partial charge in [0.2, 0.25) is 0 Å². The van der Waals surface area contributed by atoms with E-state index in [-0.39, 0.29) is 19.5 Å². The molecular formula is C5H12Zn. The van der Waals surface area contributed by atoms with E-state index >= 15 is 0 Å². The molecule has 0 spiro atoms. The van der Waals surface area contributed by atoms with E-state index < -0.39 is 0 Å². The molecule has 0 aromatic rings. The summed E-state index contributed by atoms with van der Waals surface area (Å²) in [6.45, 7) is 4.42. The van der Waals surface area contributed by atoms with E-state index in [9.17, 15) is 0 Å². The van der Waals surface area contributed by atoms with Crippen LogP contribution in [0.5, 0.6) is 0 Å². The van der Waals surface area contributed by atoms with Crippen LogP contribution in [0.2, 0.25) is 0 Å². The second kappa shape index (κ2) is 9.16. The smallest absolute Gasteiger partial charge is 0 e. The van der Waals surface area contributed by atoms with Crippen LogP contribution in [0.15, 0.2) is 0 Å². The summed E-state index contributed by atoms with van der Waals surface area (Å²) in [5.41, 5.74) is 0. The minimum Gasteiger partial charge on any atom is -0.0654 e. The molecule has 0 saturated heterocycles. The van der Waals surface area contributed by atoms with E-state index in [4.69, 9.17) is 0 Å². The van der Waals surface area contributed by atoms with Gasteiger partial charge in [-0.15, -0.1) is 0 Å². The van der Waals surface area contributed by atoms with Crippen molar-refractivity contribution in [3.63, 3.8) is 0 Å². The Kier molecular flexibility index (Phi) is 15.0. The zero-order valence-electron chi connectivity index (χ0n) is 4.83. The summed E-state index contributed by atoms with van der Waals surface area (Å²) in [7, 11) is 0. The van der Waals surface area contributed by atoms with Gasteiger partial charge in [0, 0.05) is 19.5 Å². The third-order valence-electron chi connectivity index (χ3n) is 0.707. The van der Waals surface area contributed by atoms with Crippen LogP contribution in [0.1, 0.15) is 33.1 Å². The van der Waals surface area contributed by atoms with Gasteiger partial charge < -0.3 is 0 Å². The van der Waals surface area contributed by atoms with Crippen LogP contribution in [0.25, 0.3) is 0 Å². The van der Waals surface area contributed by atoms with Crippen molar-refractivity contribution in [2.75, 3.05) is 0 Å². The molecule has 0 unspecified atom stereocenters. The van der Waals surface area contributed by atoms with Gasteiger partial charge in [0.1, 0.15) is 0 Å². The summed E-state index contributed by atoms with van der Waals surface area (Å²) in [4.78, 5) is 0. The topological polar surface area (TPSA) is 0 Å². The van der Waals surface area contributed by atoms with Gasteiger partial charge in [0.25, 0.3) is 0 Å². The molecule has 0 amide bonds. The first-order valence-electron chi connectivity index (χ1n) is 2.41. The van der Waals surface area contributed by atoms with Gasteiger partial charge in [-0.05, 0) is 0 Å². The molecule has 0 nitrogen and oxygen atoms in total. The summed E-state index contributed by atoms with van der Waals surface area (Å²) in [5, 5.41) is 0. The molecule has 0 aliphatic heterocycles. The summed E-state index contributed by atoms with van der Waals surface area (Å²) < 4.78 is 0. The van der Waals surface area contributed by atoms with Gasteiger partial charge in [-0.1, -0.05) is 33.1 Å². The van der Waals surface area contributed by atoms with Crippen molar-refractivity contribution < 1.29 is 19.5 Å². The van der Waals surface area contributed by atoms with Gasteiger partial charge in [-0.3, -0.25) is 0 Å². The molecular weight excluding hydrogens is 125 g/mol. The Morgan fingerprint density at radius 1 is 1.00 bits per heavy atom. The van der Waals surface area contributed by atoms with Crippen LogP contribution in [-0.4, -0.2) is 0 Å². The largest absolute Gasteiger partial charge is 0.0654 e. The van der Waals surface area contributed by atoms with E-state index in [1.165, 1.54) is 19.3 Å². The van der Waals surface area contributed by atoms with Crippen LogP contribution in [-0.2, 0) is 19.5 Å². The van der Waals surface area contributed by atoms with Crippen molar-refractivity contribution in [1.29, 1.82) is 0 Å². The van der Waals surface area contributed by atoms with Crippen molar-refractivity contribution in [2.24, 2.45) is 0 Å². The maximum atomic E-state index is 2.21. The minimum atomic E-state index is 0. The normalized spacial score (nSPS) is 7.00. The molecule has 1 heteroatoms. The third kappa shape index (κ3) is 8.82. The first-order chi connectivity index (χ1) is 2.41. The standard InChI is InChI=1S/C5H12.Zn/c1-3-5-4-2;/h3-5H2,1-2H3;. The van der Waals surface area contributed by atoms with Crippen LogP contribution >= 0.6 is 0 Å². The maximum Gasteiger partial charge on any atom is 0 e.